The van der Waals surface area contributed by atoms with Crippen LogP contribution in [0, 0.1) is 10.1 Å². The van der Waals surface area contributed by atoms with E-state index in [4.69, 9.17) is 0 Å². The molecule has 0 spiro atoms. The SMILES string of the molecule is CC(Nc1ccc(Br)cc1Br)c1ccccc1[N+](=O)[O-]. The standard InChI is InChI=1S/C14H12Br2N2O2/c1-9(11-4-2-3-5-14(11)18(19)20)17-13-7-6-10(15)8-12(13)16/h2-9,17H,1H3. The van der Waals surface area contributed by atoms with E-state index in [9.17, 15) is 10.1 Å². The summed E-state index contributed by atoms with van der Waals surface area (Å²) in [6, 6.07) is 12.3. The summed E-state index contributed by atoms with van der Waals surface area (Å²) in [4.78, 5) is 10.7. The molecule has 2 aromatic carbocycles. The Bertz CT molecular complexity index is 647. The lowest BCUT2D eigenvalue weighted by Gasteiger charge is -2.17. The van der Waals surface area contributed by atoms with Gasteiger partial charge in [0.2, 0.25) is 0 Å². The zero-order valence-electron chi connectivity index (χ0n) is 10.6. The van der Waals surface area contributed by atoms with Crippen LogP contribution >= 0.6 is 31.9 Å². The molecule has 0 saturated heterocycles. The van der Waals surface area contributed by atoms with Crippen LogP contribution in [-0.2, 0) is 0 Å². The van der Waals surface area contributed by atoms with Crippen molar-refractivity contribution in [3.63, 3.8) is 0 Å². The Kier molecular flexibility index (Phi) is 4.77. The molecule has 0 aliphatic carbocycles. The molecule has 0 aromatic heterocycles. The van der Waals surface area contributed by atoms with E-state index in [0.717, 1.165) is 14.6 Å². The average Bonchev–Trinajstić information content (AvgIpc) is 2.41. The number of nitro benzene ring substituents is 1. The first-order valence-electron chi connectivity index (χ1n) is 5.94. The van der Waals surface area contributed by atoms with Crippen molar-refractivity contribution in [2.75, 3.05) is 5.32 Å². The number of nitrogens with one attached hydrogen (secondary N) is 1. The van der Waals surface area contributed by atoms with Crippen LogP contribution in [0.4, 0.5) is 11.4 Å². The maximum Gasteiger partial charge on any atom is 0.274 e. The van der Waals surface area contributed by atoms with Gasteiger partial charge in [-0.3, -0.25) is 10.1 Å². The van der Waals surface area contributed by atoms with Gasteiger partial charge in [0.25, 0.3) is 5.69 Å². The van der Waals surface area contributed by atoms with Crippen molar-refractivity contribution in [1.29, 1.82) is 0 Å². The molecule has 2 aromatic rings. The minimum absolute atomic E-state index is 0.126. The molecule has 1 atom stereocenters. The number of benzene rings is 2. The molecular formula is C14H12Br2N2O2. The molecule has 2 rings (SSSR count). The van der Waals surface area contributed by atoms with Crippen molar-refractivity contribution in [2.45, 2.75) is 13.0 Å². The average molecular weight is 400 g/mol. The summed E-state index contributed by atoms with van der Waals surface area (Å²) in [7, 11) is 0. The van der Waals surface area contributed by atoms with Crippen molar-refractivity contribution in [3.8, 4) is 0 Å². The Morgan fingerprint density at radius 3 is 2.55 bits per heavy atom. The van der Waals surface area contributed by atoms with Crippen LogP contribution in [0.15, 0.2) is 51.4 Å². The minimum Gasteiger partial charge on any atom is -0.377 e. The molecule has 0 aliphatic heterocycles. The first kappa shape index (κ1) is 15.0. The van der Waals surface area contributed by atoms with Gasteiger partial charge < -0.3 is 5.32 Å². The number of rotatable bonds is 4. The Morgan fingerprint density at radius 2 is 1.90 bits per heavy atom. The fraction of sp³-hybridized carbons (Fsp3) is 0.143. The van der Waals surface area contributed by atoms with E-state index in [0.29, 0.717) is 5.56 Å². The molecule has 104 valence electrons. The predicted molar refractivity (Wildman–Crippen MR) is 87.0 cm³/mol. The van der Waals surface area contributed by atoms with Gasteiger partial charge in [0, 0.05) is 20.7 Å². The second-order valence-electron chi connectivity index (χ2n) is 4.31. The lowest BCUT2D eigenvalue weighted by atomic mass is 10.1. The summed E-state index contributed by atoms with van der Waals surface area (Å²) < 4.78 is 1.87. The summed E-state index contributed by atoms with van der Waals surface area (Å²) in [5.74, 6) is 0. The van der Waals surface area contributed by atoms with Gasteiger partial charge in [0.15, 0.2) is 0 Å². The Morgan fingerprint density at radius 1 is 1.20 bits per heavy atom. The van der Waals surface area contributed by atoms with Crippen LogP contribution in [-0.4, -0.2) is 4.92 Å². The van der Waals surface area contributed by atoms with Gasteiger partial charge in [0.05, 0.1) is 16.5 Å². The van der Waals surface area contributed by atoms with E-state index in [2.05, 4.69) is 37.2 Å². The van der Waals surface area contributed by atoms with Gasteiger partial charge in [-0.1, -0.05) is 34.1 Å². The van der Waals surface area contributed by atoms with E-state index in [-0.39, 0.29) is 16.7 Å². The number of hydrogen-bond acceptors (Lipinski definition) is 3. The Balaban J connectivity index is 2.28. The predicted octanol–water partition coefficient (Wildman–Crippen LogP) is 5.29. The van der Waals surface area contributed by atoms with Crippen molar-refractivity contribution in [3.05, 3.63) is 67.1 Å². The number of nitro groups is 1. The summed E-state index contributed by atoms with van der Waals surface area (Å²) in [6.45, 7) is 1.90. The summed E-state index contributed by atoms with van der Waals surface area (Å²) >= 11 is 6.86. The third kappa shape index (κ3) is 3.37. The highest BCUT2D eigenvalue weighted by Crippen LogP contribution is 2.31. The maximum absolute atomic E-state index is 11.1. The number of anilines is 1. The first-order valence-corrected chi connectivity index (χ1v) is 7.52. The van der Waals surface area contributed by atoms with E-state index in [1.165, 1.54) is 6.07 Å². The molecule has 20 heavy (non-hydrogen) atoms. The van der Waals surface area contributed by atoms with Crippen molar-refractivity contribution in [2.24, 2.45) is 0 Å². The van der Waals surface area contributed by atoms with Crippen molar-refractivity contribution in [1.82, 2.24) is 0 Å². The lowest BCUT2D eigenvalue weighted by Crippen LogP contribution is -2.09. The van der Waals surface area contributed by atoms with E-state index < -0.39 is 0 Å². The molecule has 0 aliphatic rings. The fourth-order valence-corrected chi connectivity index (χ4v) is 3.10. The monoisotopic (exact) mass is 398 g/mol. The van der Waals surface area contributed by atoms with Crippen LogP contribution in [0.1, 0.15) is 18.5 Å². The zero-order chi connectivity index (χ0) is 14.7. The minimum atomic E-state index is -0.357. The summed E-state index contributed by atoms with van der Waals surface area (Å²) in [6.07, 6.45) is 0. The highest BCUT2D eigenvalue weighted by molar-refractivity contribution is 9.11. The highest BCUT2D eigenvalue weighted by Gasteiger charge is 2.18. The van der Waals surface area contributed by atoms with Crippen molar-refractivity contribution < 1.29 is 4.92 Å². The highest BCUT2D eigenvalue weighted by atomic mass is 79.9. The largest absolute Gasteiger partial charge is 0.377 e. The second kappa shape index (κ2) is 6.37. The van der Waals surface area contributed by atoms with Crippen molar-refractivity contribution >= 4 is 43.2 Å². The van der Waals surface area contributed by atoms with E-state index >= 15 is 0 Å². The third-order valence-electron chi connectivity index (χ3n) is 2.90. The number of para-hydroxylation sites is 1. The lowest BCUT2D eigenvalue weighted by molar-refractivity contribution is -0.385. The molecule has 6 heteroatoms. The molecule has 4 nitrogen and oxygen atoms in total. The van der Waals surface area contributed by atoms with Gasteiger partial charge in [0.1, 0.15) is 0 Å². The van der Waals surface area contributed by atoms with Gasteiger partial charge in [-0.25, -0.2) is 0 Å². The first-order chi connectivity index (χ1) is 9.49. The maximum atomic E-state index is 11.1. The van der Waals surface area contributed by atoms with Gasteiger partial charge >= 0.3 is 0 Å². The summed E-state index contributed by atoms with van der Waals surface area (Å²) in [5.41, 5.74) is 1.67. The molecule has 1 N–H and O–H groups in total. The quantitative estimate of drug-likeness (QED) is 0.561. The number of halogens is 2. The number of nitrogens with zero attached hydrogens (tertiary/aromatic N) is 1. The van der Waals surface area contributed by atoms with Crippen LogP contribution < -0.4 is 5.32 Å². The van der Waals surface area contributed by atoms with Crippen LogP contribution in [0.25, 0.3) is 0 Å². The fourth-order valence-electron chi connectivity index (χ4n) is 1.94. The van der Waals surface area contributed by atoms with E-state index in [1.54, 1.807) is 18.2 Å². The topological polar surface area (TPSA) is 55.2 Å². The molecular weight excluding hydrogens is 388 g/mol. The second-order valence-corrected chi connectivity index (χ2v) is 6.08. The molecule has 0 bridgehead atoms. The Hall–Kier alpha value is -1.40. The zero-order valence-corrected chi connectivity index (χ0v) is 13.8. The number of hydrogen-bond donors (Lipinski definition) is 1. The Labute approximate surface area is 133 Å². The van der Waals surface area contributed by atoms with Gasteiger partial charge in [-0.15, -0.1) is 0 Å². The molecule has 0 amide bonds. The normalized spacial score (nSPS) is 11.9. The third-order valence-corrected chi connectivity index (χ3v) is 4.05. The molecule has 0 radical (unpaired) electrons. The molecule has 0 saturated carbocycles. The van der Waals surface area contributed by atoms with Crippen LogP contribution in [0.2, 0.25) is 0 Å². The van der Waals surface area contributed by atoms with Gasteiger partial charge in [-0.05, 0) is 41.1 Å². The van der Waals surface area contributed by atoms with Gasteiger partial charge in [-0.2, -0.15) is 0 Å². The molecule has 0 heterocycles. The van der Waals surface area contributed by atoms with Crippen LogP contribution in [0.3, 0.4) is 0 Å². The molecule has 1 unspecified atom stereocenters. The molecule has 0 fully saturated rings. The summed E-state index contributed by atoms with van der Waals surface area (Å²) in [5, 5.41) is 14.3. The smallest absolute Gasteiger partial charge is 0.274 e. The van der Waals surface area contributed by atoms with Crippen LogP contribution in [0.5, 0.6) is 0 Å². The van der Waals surface area contributed by atoms with E-state index in [1.807, 2.05) is 25.1 Å².